The number of aromatic nitrogens is 1. The van der Waals surface area contributed by atoms with Crippen LogP contribution in [0.25, 0.3) is 10.6 Å². The van der Waals surface area contributed by atoms with Gasteiger partial charge in [-0.1, -0.05) is 12.1 Å². The van der Waals surface area contributed by atoms with Gasteiger partial charge in [-0.2, -0.15) is 8.78 Å². The van der Waals surface area contributed by atoms with Crippen molar-refractivity contribution >= 4 is 11.3 Å². The molecule has 1 aliphatic rings. The first kappa shape index (κ1) is 14.4. The smallest absolute Gasteiger partial charge is 0.387 e. The fourth-order valence-electron chi connectivity index (χ4n) is 2.66. The average molecular weight is 310 g/mol. The van der Waals surface area contributed by atoms with E-state index in [1.807, 2.05) is 13.1 Å². The topological polar surface area (TPSA) is 34.1 Å². The Morgan fingerprint density at radius 2 is 2.19 bits per heavy atom. The van der Waals surface area contributed by atoms with Gasteiger partial charge in [0.25, 0.3) is 0 Å². The molecule has 2 aromatic rings. The zero-order valence-corrected chi connectivity index (χ0v) is 12.4. The Balaban J connectivity index is 2.00. The van der Waals surface area contributed by atoms with Gasteiger partial charge in [0.15, 0.2) is 0 Å². The number of nitrogens with one attached hydrogen (secondary N) is 1. The maximum atomic E-state index is 12.5. The van der Waals surface area contributed by atoms with Crippen molar-refractivity contribution in [3.8, 4) is 16.3 Å². The predicted octanol–water partition coefficient (Wildman–Crippen LogP) is 4.01. The van der Waals surface area contributed by atoms with Gasteiger partial charge >= 0.3 is 6.61 Å². The number of fused-ring (bicyclic) bond motifs is 1. The lowest BCUT2D eigenvalue weighted by molar-refractivity contribution is -0.0494. The molecule has 0 radical (unpaired) electrons. The molecule has 3 nitrogen and oxygen atoms in total. The van der Waals surface area contributed by atoms with Gasteiger partial charge in [-0.3, -0.25) is 0 Å². The highest BCUT2D eigenvalue weighted by molar-refractivity contribution is 7.15. The summed E-state index contributed by atoms with van der Waals surface area (Å²) < 4.78 is 29.6. The van der Waals surface area contributed by atoms with E-state index in [0.717, 1.165) is 30.0 Å². The Labute approximate surface area is 126 Å². The molecule has 0 fully saturated rings. The van der Waals surface area contributed by atoms with Crippen LogP contribution >= 0.6 is 11.3 Å². The van der Waals surface area contributed by atoms with E-state index in [1.54, 1.807) is 29.5 Å². The van der Waals surface area contributed by atoms with Gasteiger partial charge in [-0.05, 0) is 38.4 Å². The zero-order valence-electron chi connectivity index (χ0n) is 11.6. The number of alkyl halides is 2. The molecule has 0 bridgehead atoms. The van der Waals surface area contributed by atoms with Gasteiger partial charge in [0.1, 0.15) is 10.8 Å². The summed E-state index contributed by atoms with van der Waals surface area (Å²) in [6, 6.07) is 7.07. The van der Waals surface area contributed by atoms with Gasteiger partial charge in [0.2, 0.25) is 0 Å². The fraction of sp³-hybridized carbons (Fsp3) is 0.400. The molecule has 1 unspecified atom stereocenters. The number of benzene rings is 1. The number of thiazole rings is 1. The Kier molecular flexibility index (Phi) is 4.17. The summed E-state index contributed by atoms with van der Waals surface area (Å²) in [5.74, 6) is 0.180. The standard InChI is InChI=1S/C15H16F2N2OS/c1-18-10-6-4-8-12-13(10)19-14(21-12)9-5-2-3-7-11(9)20-15(16)17/h2-3,5,7,10,15,18H,4,6,8H2,1H3. The fourth-order valence-corrected chi connectivity index (χ4v) is 3.85. The lowest BCUT2D eigenvalue weighted by Crippen LogP contribution is -2.21. The van der Waals surface area contributed by atoms with Crippen LogP contribution in [0.2, 0.25) is 0 Å². The van der Waals surface area contributed by atoms with E-state index in [2.05, 4.69) is 15.0 Å². The molecule has 0 amide bonds. The van der Waals surface area contributed by atoms with Crippen LogP contribution in [0.1, 0.15) is 29.5 Å². The van der Waals surface area contributed by atoms with E-state index in [-0.39, 0.29) is 11.8 Å². The highest BCUT2D eigenvalue weighted by Gasteiger charge is 2.25. The van der Waals surface area contributed by atoms with Crippen molar-refractivity contribution in [3.05, 3.63) is 34.8 Å². The highest BCUT2D eigenvalue weighted by Crippen LogP contribution is 2.40. The quantitative estimate of drug-likeness (QED) is 0.926. The number of aryl methyl sites for hydroxylation is 1. The molecule has 1 atom stereocenters. The third kappa shape index (κ3) is 2.91. The summed E-state index contributed by atoms with van der Waals surface area (Å²) in [6.45, 7) is -2.83. The van der Waals surface area contributed by atoms with Crippen molar-refractivity contribution in [2.45, 2.75) is 31.9 Å². The Morgan fingerprint density at radius 1 is 1.38 bits per heavy atom. The van der Waals surface area contributed by atoms with Crippen molar-refractivity contribution < 1.29 is 13.5 Å². The molecule has 6 heteroatoms. The van der Waals surface area contributed by atoms with Crippen molar-refractivity contribution in [1.82, 2.24) is 10.3 Å². The molecule has 1 aliphatic carbocycles. The molecule has 1 N–H and O–H groups in total. The van der Waals surface area contributed by atoms with Gasteiger partial charge in [0.05, 0.1) is 17.3 Å². The molecule has 1 aromatic heterocycles. The van der Waals surface area contributed by atoms with Gasteiger partial charge in [-0.15, -0.1) is 11.3 Å². The number of halogens is 2. The van der Waals surface area contributed by atoms with Crippen LogP contribution in [-0.2, 0) is 6.42 Å². The first-order valence-electron chi connectivity index (χ1n) is 6.90. The molecule has 1 aromatic carbocycles. The van der Waals surface area contributed by atoms with Gasteiger partial charge in [-0.25, -0.2) is 4.98 Å². The maximum absolute atomic E-state index is 12.5. The van der Waals surface area contributed by atoms with E-state index in [4.69, 9.17) is 0 Å². The molecule has 0 aliphatic heterocycles. The summed E-state index contributed by atoms with van der Waals surface area (Å²) in [4.78, 5) is 5.91. The summed E-state index contributed by atoms with van der Waals surface area (Å²) in [7, 11) is 1.92. The van der Waals surface area contributed by atoms with E-state index in [9.17, 15) is 8.78 Å². The molecule has 0 saturated heterocycles. The summed E-state index contributed by atoms with van der Waals surface area (Å²) in [6.07, 6.45) is 3.18. The molecule has 0 spiro atoms. The third-order valence-electron chi connectivity index (χ3n) is 3.64. The van der Waals surface area contributed by atoms with Crippen molar-refractivity contribution in [2.24, 2.45) is 0 Å². The van der Waals surface area contributed by atoms with Crippen LogP contribution in [-0.4, -0.2) is 18.6 Å². The lowest BCUT2D eigenvalue weighted by atomic mass is 9.98. The van der Waals surface area contributed by atoms with Crippen molar-refractivity contribution in [3.63, 3.8) is 0 Å². The van der Waals surface area contributed by atoms with Gasteiger partial charge in [0, 0.05) is 4.88 Å². The molecular formula is C15H16F2N2OS. The number of hydrogen-bond donors (Lipinski definition) is 1. The highest BCUT2D eigenvalue weighted by atomic mass is 32.1. The van der Waals surface area contributed by atoms with E-state index < -0.39 is 6.61 Å². The Hall–Kier alpha value is -1.53. The molecule has 3 rings (SSSR count). The zero-order chi connectivity index (χ0) is 14.8. The second kappa shape index (κ2) is 6.07. The molecule has 0 saturated carbocycles. The SMILES string of the molecule is CNC1CCCc2sc(-c3ccccc3OC(F)F)nc21. The van der Waals surface area contributed by atoms with Crippen molar-refractivity contribution in [2.75, 3.05) is 7.05 Å². The predicted molar refractivity (Wildman–Crippen MR) is 78.9 cm³/mol. The Bertz CT molecular complexity index is 630. The number of hydrogen-bond acceptors (Lipinski definition) is 4. The summed E-state index contributed by atoms with van der Waals surface area (Å²) in [5.41, 5.74) is 1.68. The second-order valence-electron chi connectivity index (χ2n) is 4.94. The average Bonchev–Trinajstić information content (AvgIpc) is 2.90. The summed E-state index contributed by atoms with van der Waals surface area (Å²) in [5, 5.41) is 4.01. The van der Waals surface area contributed by atoms with E-state index in [1.165, 1.54) is 4.88 Å². The molecule has 112 valence electrons. The minimum Gasteiger partial charge on any atom is -0.434 e. The van der Waals surface area contributed by atoms with Crippen LogP contribution in [0.15, 0.2) is 24.3 Å². The first-order chi connectivity index (χ1) is 10.2. The number of ether oxygens (including phenoxy) is 1. The monoisotopic (exact) mass is 310 g/mol. The van der Waals surface area contributed by atoms with Crippen LogP contribution in [0, 0.1) is 0 Å². The van der Waals surface area contributed by atoms with Crippen LogP contribution in [0.5, 0.6) is 5.75 Å². The van der Waals surface area contributed by atoms with E-state index in [0.29, 0.717) is 5.56 Å². The summed E-state index contributed by atoms with van der Waals surface area (Å²) >= 11 is 1.57. The normalized spacial score (nSPS) is 17.8. The van der Waals surface area contributed by atoms with Crippen molar-refractivity contribution in [1.29, 1.82) is 0 Å². The van der Waals surface area contributed by atoms with E-state index >= 15 is 0 Å². The minimum absolute atomic E-state index is 0.180. The molecule has 1 heterocycles. The second-order valence-corrected chi connectivity index (χ2v) is 6.02. The largest absolute Gasteiger partial charge is 0.434 e. The third-order valence-corrected chi connectivity index (χ3v) is 4.80. The van der Waals surface area contributed by atoms with Gasteiger partial charge < -0.3 is 10.1 Å². The van der Waals surface area contributed by atoms with Crippen LogP contribution in [0.3, 0.4) is 0 Å². The van der Waals surface area contributed by atoms with Crippen LogP contribution < -0.4 is 10.1 Å². The molecular weight excluding hydrogens is 294 g/mol. The number of para-hydroxylation sites is 1. The lowest BCUT2D eigenvalue weighted by Gasteiger charge is -2.19. The number of rotatable bonds is 4. The first-order valence-corrected chi connectivity index (χ1v) is 7.71. The number of nitrogens with zero attached hydrogens (tertiary/aromatic N) is 1. The molecule has 21 heavy (non-hydrogen) atoms. The maximum Gasteiger partial charge on any atom is 0.387 e. The minimum atomic E-state index is -2.83. The Morgan fingerprint density at radius 3 is 2.95 bits per heavy atom. The van der Waals surface area contributed by atoms with Crippen LogP contribution in [0.4, 0.5) is 8.78 Å².